The summed E-state index contributed by atoms with van der Waals surface area (Å²) in [6.45, 7) is 14.8. The van der Waals surface area contributed by atoms with Crippen LogP contribution in [0.3, 0.4) is 0 Å². The molecule has 1 atom stereocenters. The lowest BCUT2D eigenvalue weighted by Gasteiger charge is -2.26. The van der Waals surface area contributed by atoms with Crippen LogP contribution in [0.4, 0.5) is 0 Å². The molecule has 0 aromatic heterocycles. The van der Waals surface area contributed by atoms with Crippen molar-refractivity contribution in [2.45, 2.75) is 72.8 Å². The fourth-order valence-electron chi connectivity index (χ4n) is 2.69. The Morgan fingerprint density at radius 3 is 2.29 bits per heavy atom. The third-order valence-corrected chi connectivity index (χ3v) is 4.08. The van der Waals surface area contributed by atoms with Crippen molar-refractivity contribution < 1.29 is 0 Å². The third kappa shape index (κ3) is 8.26. The standard InChI is InChI=1S/C20H35N/c1-16(2)10-9-12-18(15-21-20(4,5)6)14-19-13-8-7-11-17(19)3/h7-8,11,13,16,18,21H,9-10,12,14-15H2,1-6H3. The molecule has 1 nitrogen and oxygen atoms in total. The molecule has 120 valence electrons. The van der Waals surface area contributed by atoms with Crippen LogP contribution < -0.4 is 5.32 Å². The van der Waals surface area contributed by atoms with Gasteiger partial charge in [-0.05, 0) is 70.0 Å². The van der Waals surface area contributed by atoms with Crippen molar-refractivity contribution in [2.24, 2.45) is 11.8 Å². The van der Waals surface area contributed by atoms with Gasteiger partial charge in [-0.2, -0.15) is 0 Å². The largest absolute Gasteiger partial charge is 0.312 e. The van der Waals surface area contributed by atoms with Crippen LogP contribution in [0.25, 0.3) is 0 Å². The normalized spacial score (nSPS) is 13.7. The van der Waals surface area contributed by atoms with Crippen LogP contribution in [-0.2, 0) is 6.42 Å². The van der Waals surface area contributed by atoms with Gasteiger partial charge in [-0.15, -0.1) is 0 Å². The number of hydrogen-bond donors (Lipinski definition) is 1. The van der Waals surface area contributed by atoms with Crippen molar-refractivity contribution in [3.05, 3.63) is 35.4 Å². The lowest BCUT2D eigenvalue weighted by Crippen LogP contribution is -2.39. The van der Waals surface area contributed by atoms with E-state index in [9.17, 15) is 0 Å². The second-order valence-corrected chi connectivity index (χ2v) is 7.95. The van der Waals surface area contributed by atoms with Gasteiger partial charge in [0.2, 0.25) is 0 Å². The van der Waals surface area contributed by atoms with Crippen LogP contribution in [0, 0.1) is 18.8 Å². The summed E-state index contributed by atoms with van der Waals surface area (Å²) in [4.78, 5) is 0. The Morgan fingerprint density at radius 2 is 1.71 bits per heavy atom. The average molecular weight is 290 g/mol. The second-order valence-electron chi connectivity index (χ2n) is 7.95. The summed E-state index contributed by atoms with van der Waals surface area (Å²) in [6.07, 6.45) is 5.23. The van der Waals surface area contributed by atoms with Gasteiger partial charge in [-0.3, -0.25) is 0 Å². The average Bonchev–Trinajstić information content (AvgIpc) is 2.37. The predicted octanol–water partition coefficient (Wildman–Crippen LogP) is 5.37. The molecule has 0 aliphatic carbocycles. The van der Waals surface area contributed by atoms with E-state index >= 15 is 0 Å². The summed E-state index contributed by atoms with van der Waals surface area (Å²) in [5, 5.41) is 3.70. The Kier molecular flexibility index (Phi) is 7.45. The Hall–Kier alpha value is -0.820. The first-order chi connectivity index (χ1) is 9.78. The lowest BCUT2D eigenvalue weighted by atomic mass is 9.90. The molecule has 0 aliphatic rings. The first kappa shape index (κ1) is 18.2. The van der Waals surface area contributed by atoms with E-state index < -0.39 is 0 Å². The number of aryl methyl sites for hydroxylation is 1. The van der Waals surface area contributed by atoms with E-state index in [4.69, 9.17) is 0 Å². The maximum Gasteiger partial charge on any atom is 0.00966 e. The Labute approximate surface area is 132 Å². The molecule has 0 heterocycles. The van der Waals surface area contributed by atoms with Gasteiger partial charge < -0.3 is 5.32 Å². The molecule has 0 aliphatic heterocycles. The molecule has 0 fully saturated rings. The molecule has 0 bridgehead atoms. The fourth-order valence-corrected chi connectivity index (χ4v) is 2.69. The van der Waals surface area contributed by atoms with Gasteiger partial charge in [0.15, 0.2) is 0 Å². The van der Waals surface area contributed by atoms with Crippen LogP contribution in [0.15, 0.2) is 24.3 Å². The van der Waals surface area contributed by atoms with E-state index in [2.05, 4.69) is 71.1 Å². The highest BCUT2D eigenvalue weighted by molar-refractivity contribution is 5.25. The zero-order valence-electron chi connectivity index (χ0n) is 15.0. The molecule has 1 rings (SSSR count). The van der Waals surface area contributed by atoms with Crippen molar-refractivity contribution >= 4 is 0 Å². The topological polar surface area (TPSA) is 12.0 Å². The van der Waals surface area contributed by atoms with Crippen molar-refractivity contribution in [3.63, 3.8) is 0 Å². The summed E-state index contributed by atoms with van der Waals surface area (Å²) in [6, 6.07) is 8.84. The molecular weight excluding hydrogens is 254 g/mol. The van der Waals surface area contributed by atoms with Crippen molar-refractivity contribution in [3.8, 4) is 0 Å². The molecule has 0 spiro atoms. The molecule has 1 heteroatoms. The summed E-state index contributed by atoms with van der Waals surface area (Å²) >= 11 is 0. The number of rotatable bonds is 8. The zero-order valence-corrected chi connectivity index (χ0v) is 15.0. The zero-order chi connectivity index (χ0) is 15.9. The summed E-state index contributed by atoms with van der Waals surface area (Å²) < 4.78 is 0. The van der Waals surface area contributed by atoms with Gasteiger partial charge >= 0.3 is 0 Å². The van der Waals surface area contributed by atoms with E-state index in [0.717, 1.165) is 18.4 Å². The van der Waals surface area contributed by atoms with E-state index in [0.29, 0.717) is 0 Å². The van der Waals surface area contributed by atoms with Gasteiger partial charge in [0.1, 0.15) is 0 Å². The first-order valence-corrected chi connectivity index (χ1v) is 8.57. The summed E-state index contributed by atoms with van der Waals surface area (Å²) in [5.41, 5.74) is 3.16. The van der Waals surface area contributed by atoms with Gasteiger partial charge in [0, 0.05) is 5.54 Å². The van der Waals surface area contributed by atoms with E-state index in [-0.39, 0.29) is 5.54 Å². The Bertz CT molecular complexity index is 401. The lowest BCUT2D eigenvalue weighted by molar-refractivity contribution is 0.344. The Morgan fingerprint density at radius 1 is 1.05 bits per heavy atom. The minimum atomic E-state index is 0.210. The van der Waals surface area contributed by atoms with Gasteiger partial charge in [0.05, 0.1) is 0 Å². The summed E-state index contributed by atoms with van der Waals surface area (Å²) in [7, 11) is 0. The highest BCUT2D eigenvalue weighted by Crippen LogP contribution is 2.20. The molecule has 1 unspecified atom stereocenters. The molecule has 21 heavy (non-hydrogen) atoms. The highest BCUT2D eigenvalue weighted by Gasteiger charge is 2.15. The summed E-state index contributed by atoms with van der Waals surface area (Å²) in [5.74, 6) is 1.56. The molecule has 1 N–H and O–H groups in total. The first-order valence-electron chi connectivity index (χ1n) is 8.57. The molecule has 0 amide bonds. The molecule has 1 aromatic rings. The second kappa shape index (κ2) is 8.58. The predicted molar refractivity (Wildman–Crippen MR) is 94.8 cm³/mol. The van der Waals surface area contributed by atoms with E-state index in [1.807, 2.05) is 0 Å². The molecule has 1 aromatic carbocycles. The SMILES string of the molecule is Cc1ccccc1CC(CCCC(C)C)CNC(C)(C)C. The molecular formula is C20H35N. The maximum absolute atomic E-state index is 3.70. The number of benzene rings is 1. The van der Waals surface area contributed by atoms with E-state index in [1.165, 1.54) is 36.8 Å². The van der Waals surface area contributed by atoms with Crippen molar-refractivity contribution in [1.29, 1.82) is 0 Å². The smallest absolute Gasteiger partial charge is 0.00966 e. The monoisotopic (exact) mass is 289 g/mol. The van der Waals surface area contributed by atoms with Crippen LogP contribution in [-0.4, -0.2) is 12.1 Å². The number of hydrogen-bond acceptors (Lipinski definition) is 1. The van der Waals surface area contributed by atoms with Crippen LogP contribution in [0.5, 0.6) is 0 Å². The van der Waals surface area contributed by atoms with Crippen LogP contribution in [0.2, 0.25) is 0 Å². The minimum absolute atomic E-state index is 0.210. The van der Waals surface area contributed by atoms with E-state index in [1.54, 1.807) is 0 Å². The molecule has 0 radical (unpaired) electrons. The van der Waals surface area contributed by atoms with Crippen molar-refractivity contribution in [1.82, 2.24) is 5.32 Å². The maximum atomic E-state index is 3.70. The third-order valence-electron chi connectivity index (χ3n) is 4.08. The van der Waals surface area contributed by atoms with Crippen LogP contribution in [0.1, 0.15) is 65.0 Å². The molecule has 0 saturated carbocycles. The van der Waals surface area contributed by atoms with Gasteiger partial charge in [-0.25, -0.2) is 0 Å². The van der Waals surface area contributed by atoms with Crippen LogP contribution >= 0.6 is 0 Å². The minimum Gasteiger partial charge on any atom is -0.312 e. The quantitative estimate of drug-likeness (QED) is 0.678. The van der Waals surface area contributed by atoms with Gasteiger partial charge in [0.25, 0.3) is 0 Å². The molecule has 0 saturated heterocycles. The Balaban J connectivity index is 2.60. The van der Waals surface area contributed by atoms with Crippen molar-refractivity contribution in [2.75, 3.05) is 6.54 Å². The highest BCUT2D eigenvalue weighted by atomic mass is 14.9. The van der Waals surface area contributed by atoms with Gasteiger partial charge in [-0.1, -0.05) is 51.0 Å². The number of nitrogens with one attached hydrogen (secondary N) is 1. The fraction of sp³-hybridized carbons (Fsp3) is 0.700.